The van der Waals surface area contributed by atoms with Gasteiger partial charge in [-0.2, -0.15) is 0 Å². The molecule has 3 aromatic carbocycles. The predicted octanol–water partition coefficient (Wildman–Crippen LogP) is 6.53. The Morgan fingerprint density at radius 1 is 1.00 bits per heavy atom. The van der Waals surface area contributed by atoms with Crippen LogP contribution in [0.4, 0.5) is 4.39 Å². The maximum atomic E-state index is 14.5. The molecule has 0 aromatic heterocycles. The van der Waals surface area contributed by atoms with Crippen LogP contribution in [0.25, 0.3) is 11.1 Å². The summed E-state index contributed by atoms with van der Waals surface area (Å²) in [6, 6.07) is 19.9. The van der Waals surface area contributed by atoms with E-state index in [0.717, 1.165) is 23.0 Å². The molecule has 0 saturated heterocycles. The van der Waals surface area contributed by atoms with E-state index in [9.17, 15) is 9.18 Å². The Balaban J connectivity index is 0.000000878. The number of terminal acetylenes is 1. The topological polar surface area (TPSA) is 17.1 Å². The van der Waals surface area contributed by atoms with Crippen LogP contribution in [0.15, 0.2) is 66.7 Å². The Bertz CT molecular complexity index is 967. The van der Waals surface area contributed by atoms with Gasteiger partial charge in [0.2, 0.25) is 0 Å². The number of hydrogen-bond acceptors (Lipinski definition) is 1. The Morgan fingerprint density at radius 2 is 1.68 bits per heavy atom. The predicted molar refractivity (Wildman–Crippen MR) is 115 cm³/mol. The van der Waals surface area contributed by atoms with E-state index in [1.165, 1.54) is 12.5 Å². The van der Waals surface area contributed by atoms with Crippen molar-refractivity contribution in [2.45, 2.75) is 33.1 Å². The van der Waals surface area contributed by atoms with E-state index < -0.39 is 5.92 Å². The third kappa shape index (κ3) is 4.75. The summed E-state index contributed by atoms with van der Waals surface area (Å²) in [5.41, 5.74) is 4.24. The van der Waals surface area contributed by atoms with Crippen LogP contribution in [-0.2, 0) is 4.79 Å². The van der Waals surface area contributed by atoms with Crippen LogP contribution in [0.2, 0.25) is 0 Å². The van der Waals surface area contributed by atoms with E-state index in [2.05, 4.69) is 19.8 Å². The molecule has 0 aliphatic rings. The monoisotopic (exact) mass is 372 g/mol. The van der Waals surface area contributed by atoms with Crippen molar-refractivity contribution >= 4 is 6.29 Å². The first-order valence-corrected chi connectivity index (χ1v) is 9.43. The van der Waals surface area contributed by atoms with Gasteiger partial charge in [0.1, 0.15) is 12.1 Å². The van der Waals surface area contributed by atoms with Gasteiger partial charge in [-0.1, -0.05) is 74.7 Å². The number of aldehydes is 1. The lowest BCUT2D eigenvalue weighted by molar-refractivity contribution is -0.108. The molecule has 2 heteroatoms. The van der Waals surface area contributed by atoms with Gasteiger partial charge in [-0.3, -0.25) is 0 Å². The largest absolute Gasteiger partial charge is 0.302 e. The smallest absolute Gasteiger partial charge is 0.132 e. The summed E-state index contributed by atoms with van der Waals surface area (Å²) in [6.07, 6.45) is 7.71. The Morgan fingerprint density at radius 3 is 2.29 bits per heavy atom. The van der Waals surface area contributed by atoms with Crippen LogP contribution in [0.5, 0.6) is 0 Å². The fraction of sp³-hybridized carbons (Fsp3) is 0.192. The zero-order valence-corrected chi connectivity index (χ0v) is 16.6. The van der Waals surface area contributed by atoms with E-state index >= 15 is 0 Å². The number of halogens is 1. The molecule has 3 aromatic rings. The first-order valence-electron chi connectivity index (χ1n) is 9.43. The van der Waals surface area contributed by atoms with Crippen molar-refractivity contribution in [3.05, 3.63) is 94.8 Å². The summed E-state index contributed by atoms with van der Waals surface area (Å²) >= 11 is 0. The van der Waals surface area contributed by atoms with Gasteiger partial charge in [-0.05, 0) is 47.4 Å². The van der Waals surface area contributed by atoms with Crippen molar-refractivity contribution in [2.24, 2.45) is 0 Å². The molecule has 0 spiro atoms. The highest BCUT2D eigenvalue weighted by Gasteiger charge is 2.17. The summed E-state index contributed by atoms with van der Waals surface area (Å²) in [5, 5.41) is 0. The van der Waals surface area contributed by atoms with Gasteiger partial charge < -0.3 is 4.79 Å². The van der Waals surface area contributed by atoms with Gasteiger partial charge in [0, 0.05) is 11.1 Å². The molecule has 28 heavy (non-hydrogen) atoms. The molecule has 0 aliphatic heterocycles. The second-order valence-corrected chi connectivity index (χ2v) is 6.61. The number of aryl methyl sites for hydroxylation is 1. The molecule has 0 bridgehead atoms. The summed E-state index contributed by atoms with van der Waals surface area (Å²) in [7, 11) is 0. The van der Waals surface area contributed by atoms with Crippen molar-refractivity contribution in [1.82, 2.24) is 0 Å². The summed E-state index contributed by atoms with van der Waals surface area (Å²) < 4.78 is 14.5. The van der Waals surface area contributed by atoms with Crippen LogP contribution in [-0.4, -0.2) is 6.29 Å². The number of carbonyl (C=O) groups is 1. The maximum absolute atomic E-state index is 14.5. The molecule has 1 unspecified atom stereocenters. The third-order valence-electron chi connectivity index (χ3n) is 4.35. The van der Waals surface area contributed by atoms with Crippen molar-refractivity contribution < 1.29 is 9.18 Å². The summed E-state index contributed by atoms with van der Waals surface area (Å²) in [6.45, 7) is 6.16. The van der Waals surface area contributed by atoms with E-state index in [1.54, 1.807) is 12.1 Å². The van der Waals surface area contributed by atoms with Crippen LogP contribution >= 0.6 is 0 Å². The van der Waals surface area contributed by atoms with Crippen LogP contribution in [0.1, 0.15) is 48.4 Å². The highest BCUT2D eigenvalue weighted by molar-refractivity contribution is 5.77. The van der Waals surface area contributed by atoms with Gasteiger partial charge >= 0.3 is 0 Å². The van der Waals surface area contributed by atoms with Crippen LogP contribution < -0.4 is 0 Å². The molecule has 0 radical (unpaired) electrons. The number of carbonyl (C=O) groups excluding carboxylic acids is 1. The maximum Gasteiger partial charge on any atom is 0.132 e. The van der Waals surface area contributed by atoms with E-state index in [-0.39, 0.29) is 5.82 Å². The van der Waals surface area contributed by atoms with Crippen molar-refractivity contribution in [3.63, 3.8) is 0 Å². The van der Waals surface area contributed by atoms with Crippen molar-refractivity contribution in [1.29, 1.82) is 0 Å². The molecular formula is C26H25FO. The zero-order valence-electron chi connectivity index (χ0n) is 16.6. The normalized spacial score (nSPS) is 11.0. The molecule has 0 fully saturated rings. The molecule has 0 heterocycles. The fourth-order valence-electron chi connectivity index (χ4n) is 3.03. The number of hydrogen-bond donors (Lipinski definition) is 0. The molecular weight excluding hydrogens is 347 g/mol. The lowest BCUT2D eigenvalue weighted by Crippen LogP contribution is -2.03. The van der Waals surface area contributed by atoms with Gasteiger partial charge in [0.05, 0.1) is 5.92 Å². The minimum Gasteiger partial charge on any atom is -0.302 e. The Labute approximate surface area is 167 Å². The second-order valence-electron chi connectivity index (χ2n) is 6.61. The zero-order chi connectivity index (χ0) is 20.5. The Kier molecular flexibility index (Phi) is 7.72. The second kappa shape index (κ2) is 10.2. The molecule has 0 aliphatic carbocycles. The van der Waals surface area contributed by atoms with Gasteiger partial charge in [-0.15, -0.1) is 6.42 Å². The summed E-state index contributed by atoms with van der Waals surface area (Å²) in [4.78, 5) is 11.7. The quantitative estimate of drug-likeness (QED) is 0.376. The first kappa shape index (κ1) is 21.1. The summed E-state index contributed by atoms with van der Waals surface area (Å²) in [5.74, 6) is 1.78. The minimum atomic E-state index is -0.401. The van der Waals surface area contributed by atoms with Gasteiger partial charge in [0.25, 0.3) is 0 Å². The molecule has 3 rings (SSSR count). The number of benzene rings is 3. The fourth-order valence-corrected chi connectivity index (χ4v) is 3.03. The standard InChI is InChI=1S/C23H17FO.C3H8/c1-3-17-10-7-11-22(24)23(17)20-14-19(13-12-16(20)2)21(15-25)18-8-5-4-6-9-18;1-3-2/h1,4-15,21H,2H3;3H2,1-2H3. The molecule has 1 nitrogen and oxygen atoms in total. The molecule has 0 amide bonds. The molecule has 142 valence electrons. The average Bonchev–Trinajstić information content (AvgIpc) is 2.71. The van der Waals surface area contributed by atoms with E-state index in [1.807, 2.05) is 55.5 Å². The van der Waals surface area contributed by atoms with Gasteiger partial charge in [-0.25, -0.2) is 4.39 Å². The number of rotatable bonds is 4. The molecule has 0 N–H and O–H groups in total. The highest BCUT2D eigenvalue weighted by atomic mass is 19.1. The van der Waals surface area contributed by atoms with Crippen molar-refractivity contribution in [2.75, 3.05) is 0 Å². The minimum absolute atomic E-state index is 0.363. The lowest BCUT2D eigenvalue weighted by atomic mass is 9.87. The SMILES string of the molecule is C#Cc1cccc(F)c1-c1cc(C(C=O)c2ccccc2)ccc1C.CCC. The van der Waals surface area contributed by atoms with Crippen molar-refractivity contribution in [3.8, 4) is 23.5 Å². The first-order chi connectivity index (χ1) is 13.6. The molecule has 1 atom stereocenters. The Hall–Kier alpha value is -3.18. The van der Waals surface area contributed by atoms with Gasteiger partial charge in [0.15, 0.2) is 0 Å². The van der Waals surface area contributed by atoms with Crippen LogP contribution in [0.3, 0.4) is 0 Å². The molecule has 0 saturated carbocycles. The van der Waals surface area contributed by atoms with E-state index in [0.29, 0.717) is 16.7 Å². The highest BCUT2D eigenvalue weighted by Crippen LogP contribution is 2.33. The average molecular weight is 372 g/mol. The third-order valence-corrected chi connectivity index (χ3v) is 4.35. The lowest BCUT2D eigenvalue weighted by Gasteiger charge is -2.16. The van der Waals surface area contributed by atoms with Crippen LogP contribution in [0, 0.1) is 25.1 Å². The van der Waals surface area contributed by atoms with E-state index in [4.69, 9.17) is 6.42 Å².